The van der Waals surface area contributed by atoms with E-state index in [1.807, 2.05) is 0 Å². The minimum atomic E-state index is -0.960. The Hall–Kier alpha value is -2.08. The second kappa shape index (κ2) is 6.38. The van der Waals surface area contributed by atoms with Gasteiger partial charge < -0.3 is 20.1 Å². The first-order valence-electron chi connectivity index (χ1n) is 6.55. The molecular formula is C14H18N2O4. The van der Waals surface area contributed by atoms with Gasteiger partial charge in [0, 0.05) is 18.8 Å². The monoisotopic (exact) mass is 278 g/mol. The Balaban J connectivity index is 2.18. The van der Waals surface area contributed by atoms with E-state index in [2.05, 4.69) is 5.32 Å². The van der Waals surface area contributed by atoms with Crippen LogP contribution in [0.4, 0.5) is 5.69 Å². The third-order valence-electron chi connectivity index (χ3n) is 3.20. The molecule has 2 rings (SSSR count). The van der Waals surface area contributed by atoms with Gasteiger partial charge in [-0.15, -0.1) is 0 Å². The maximum atomic E-state index is 12.5. The quantitative estimate of drug-likeness (QED) is 0.860. The second-order valence-corrected chi connectivity index (χ2v) is 4.65. The van der Waals surface area contributed by atoms with E-state index in [-0.39, 0.29) is 5.91 Å². The number of benzene rings is 1. The molecule has 0 aromatic heterocycles. The van der Waals surface area contributed by atoms with Gasteiger partial charge in [0.05, 0.1) is 18.8 Å². The zero-order valence-electron chi connectivity index (χ0n) is 11.3. The Morgan fingerprint density at radius 1 is 1.30 bits per heavy atom. The summed E-state index contributed by atoms with van der Waals surface area (Å²) in [5.74, 6) is -1.06. The number of anilines is 1. The number of rotatable bonds is 4. The van der Waals surface area contributed by atoms with E-state index < -0.39 is 12.0 Å². The van der Waals surface area contributed by atoms with E-state index in [1.54, 1.807) is 36.1 Å². The maximum absolute atomic E-state index is 12.5. The topological polar surface area (TPSA) is 78.9 Å². The molecule has 0 bridgehead atoms. The summed E-state index contributed by atoms with van der Waals surface area (Å²) in [6, 6.07) is 6.20. The van der Waals surface area contributed by atoms with Crippen molar-refractivity contribution in [3.8, 4) is 0 Å². The first-order valence-corrected chi connectivity index (χ1v) is 6.55. The minimum Gasteiger partial charge on any atom is -0.480 e. The third-order valence-corrected chi connectivity index (χ3v) is 3.20. The van der Waals surface area contributed by atoms with Crippen molar-refractivity contribution >= 4 is 17.6 Å². The van der Waals surface area contributed by atoms with Crippen molar-refractivity contribution in [1.29, 1.82) is 0 Å². The van der Waals surface area contributed by atoms with Gasteiger partial charge >= 0.3 is 5.97 Å². The lowest BCUT2D eigenvalue weighted by Gasteiger charge is -2.28. The van der Waals surface area contributed by atoms with Crippen LogP contribution in [0.5, 0.6) is 0 Å². The number of hydrogen-bond donors (Lipinski definition) is 2. The van der Waals surface area contributed by atoms with Crippen LogP contribution in [0.2, 0.25) is 0 Å². The van der Waals surface area contributed by atoms with Crippen molar-refractivity contribution in [3.05, 3.63) is 29.8 Å². The van der Waals surface area contributed by atoms with Crippen LogP contribution >= 0.6 is 0 Å². The first kappa shape index (κ1) is 14.3. The highest BCUT2D eigenvalue weighted by Crippen LogP contribution is 2.19. The fourth-order valence-electron chi connectivity index (χ4n) is 2.03. The summed E-state index contributed by atoms with van der Waals surface area (Å²) in [4.78, 5) is 25.1. The summed E-state index contributed by atoms with van der Waals surface area (Å²) in [7, 11) is 0. The molecule has 2 N–H and O–H groups in total. The summed E-state index contributed by atoms with van der Waals surface area (Å²) in [5, 5.41) is 11.8. The second-order valence-electron chi connectivity index (χ2n) is 4.65. The summed E-state index contributed by atoms with van der Waals surface area (Å²) in [6.07, 6.45) is 0. The van der Waals surface area contributed by atoms with E-state index in [0.717, 1.165) is 0 Å². The van der Waals surface area contributed by atoms with Gasteiger partial charge in [0.1, 0.15) is 6.04 Å². The molecule has 0 aliphatic carbocycles. The SMILES string of the molecule is C[C@@H](Nc1ccccc1C(=O)N1CCOCC1)C(=O)O. The minimum absolute atomic E-state index is 0.103. The molecule has 1 heterocycles. The summed E-state index contributed by atoms with van der Waals surface area (Å²) < 4.78 is 5.22. The van der Waals surface area contributed by atoms with Gasteiger partial charge in [-0.2, -0.15) is 0 Å². The highest BCUT2D eigenvalue weighted by Gasteiger charge is 2.22. The van der Waals surface area contributed by atoms with Crippen LogP contribution in [0.3, 0.4) is 0 Å². The number of carboxylic acids is 1. The van der Waals surface area contributed by atoms with Gasteiger partial charge in [-0.05, 0) is 19.1 Å². The molecule has 108 valence electrons. The number of nitrogens with zero attached hydrogens (tertiary/aromatic N) is 1. The van der Waals surface area contributed by atoms with E-state index in [9.17, 15) is 9.59 Å². The first-order chi connectivity index (χ1) is 9.59. The van der Waals surface area contributed by atoms with E-state index in [1.165, 1.54) is 0 Å². The Kier molecular flexibility index (Phi) is 4.57. The van der Waals surface area contributed by atoms with Crippen LogP contribution in [0.1, 0.15) is 17.3 Å². The number of ether oxygens (including phenoxy) is 1. The Labute approximate surface area is 117 Å². The standard InChI is InChI=1S/C14H18N2O4/c1-10(14(18)19)15-12-5-3-2-4-11(12)13(17)16-6-8-20-9-7-16/h2-5,10,15H,6-9H2,1H3,(H,18,19)/t10-/m1/s1. The van der Waals surface area contributed by atoms with Crippen molar-refractivity contribution in [2.45, 2.75) is 13.0 Å². The molecule has 1 atom stereocenters. The molecule has 1 aromatic rings. The van der Waals surface area contributed by atoms with Crippen LogP contribution < -0.4 is 5.32 Å². The van der Waals surface area contributed by atoms with Gasteiger partial charge in [-0.1, -0.05) is 12.1 Å². The van der Waals surface area contributed by atoms with Gasteiger partial charge in [0.25, 0.3) is 5.91 Å². The highest BCUT2D eigenvalue weighted by atomic mass is 16.5. The molecule has 0 radical (unpaired) electrons. The van der Waals surface area contributed by atoms with E-state index in [0.29, 0.717) is 37.6 Å². The maximum Gasteiger partial charge on any atom is 0.325 e. The average molecular weight is 278 g/mol. The van der Waals surface area contributed by atoms with Crippen LogP contribution in [0.25, 0.3) is 0 Å². The largest absolute Gasteiger partial charge is 0.480 e. The Morgan fingerprint density at radius 3 is 2.60 bits per heavy atom. The molecular weight excluding hydrogens is 260 g/mol. The van der Waals surface area contributed by atoms with Gasteiger partial charge in [-0.25, -0.2) is 0 Å². The zero-order chi connectivity index (χ0) is 14.5. The van der Waals surface area contributed by atoms with Crippen molar-refractivity contribution < 1.29 is 19.4 Å². The molecule has 1 aromatic carbocycles. The molecule has 6 heteroatoms. The number of aliphatic carboxylic acids is 1. The number of hydrogen-bond acceptors (Lipinski definition) is 4. The molecule has 1 amide bonds. The molecule has 1 aliphatic heterocycles. The predicted octanol–water partition coefficient (Wildman–Crippen LogP) is 1.04. The molecule has 20 heavy (non-hydrogen) atoms. The number of morpholine rings is 1. The smallest absolute Gasteiger partial charge is 0.325 e. The molecule has 1 saturated heterocycles. The van der Waals surface area contributed by atoms with Crippen molar-refractivity contribution in [1.82, 2.24) is 4.90 Å². The van der Waals surface area contributed by atoms with Crippen LogP contribution in [0, 0.1) is 0 Å². The average Bonchev–Trinajstić information content (AvgIpc) is 2.48. The Morgan fingerprint density at radius 2 is 1.95 bits per heavy atom. The highest BCUT2D eigenvalue weighted by molar-refractivity contribution is 6.00. The normalized spacial score (nSPS) is 16.6. The molecule has 0 saturated carbocycles. The lowest BCUT2D eigenvalue weighted by atomic mass is 10.1. The van der Waals surface area contributed by atoms with Gasteiger partial charge in [0.2, 0.25) is 0 Å². The predicted molar refractivity (Wildman–Crippen MR) is 73.9 cm³/mol. The van der Waals surface area contributed by atoms with Gasteiger partial charge in [-0.3, -0.25) is 9.59 Å². The summed E-state index contributed by atoms with van der Waals surface area (Å²) in [6.45, 7) is 3.72. The van der Waals surface area contributed by atoms with Crippen LogP contribution in [-0.2, 0) is 9.53 Å². The summed E-state index contributed by atoms with van der Waals surface area (Å²) in [5.41, 5.74) is 1.03. The molecule has 6 nitrogen and oxygen atoms in total. The Bertz CT molecular complexity index is 498. The number of amides is 1. The lowest BCUT2D eigenvalue weighted by Crippen LogP contribution is -2.41. The molecule has 1 fully saturated rings. The van der Waals surface area contributed by atoms with E-state index in [4.69, 9.17) is 9.84 Å². The van der Waals surface area contributed by atoms with Crippen LogP contribution in [-0.4, -0.2) is 54.2 Å². The summed E-state index contributed by atoms with van der Waals surface area (Å²) >= 11 is 0. The number of carbonyl (C=O) groups is 2. The molecule has 1 aliphatic rings. The van der Waals surface area contributed by atoms with Gasteiger partial charge in [0.15, 0.2) is 0 Å². The fourth-order valence-corrected chi connectivity index (χ4v) is 2.03. The zero-order valence-corrected chi connectivity index (χ0v) is 11.3. The fraction of sp³-hybridized carbons (Fsp3) is 0.429. The van der Waals surface area contributed by atoms with Crippen molar-refractivity contribution in [2.75, 3.05) is 31.6 Å². The van der Waals surface area contributed by atoms with Crippen molar-refractivity contribution in [2.24, 2.45) is 0 Å². The number of carboxylic acid groups (broad SMARTS) is 1. The van der Waals surface area contributed by atoms with E-state index >= 15 is 0 Å². The molecule has 0 unspecified atom stereocenters. The third kappa shape index (κ3) is 3.27. The molecule has 0 spiro atoms. The van der Waals surface area contributed by atoms with Crippen LogP contribution in [0.15, 0.2) is 24.3 Å². The number of para-hydroxylation sites is 1. The van der Waals surface area contributed by atoms with Crippen molar-refractivity contribution in [3.63, 3.8) is 0 Å². The lowest BCUT2D eigenvalue weighted by molar-refractivity contribution is -0.137. The number of nitrogens with one attached hydrogen (secondary N) is 1. The number of carbonyl (C=O) groups excluding carboxylic acids is 1.